The van der Waals surface area contributed by atoms with E-state index in [1.807, 2.05) is 31.2 Å². The van der Waals surface area contributed by atoms with Crippen LogP contribution >= 0.6 is 0 Å². The number of furan rings is 1. The predicted molar refractivity (Wildman–Crippen MR) is 96.1 cm³/mol. The van der Waals surface area contributed by atoms with Crippen molar-refractivity contribution < 1.29 is 13.9 Å². The molecule has 0 unspecified atom stereocenters. The Balaban J connectivity index is 1.52. The minimum atomic E-state index is -0.195. The van der Waals surface area contributed by atoms with E-state index in [4.69, 9.17) is 9.15 Å². The van der Waals surface area contributed by atoms with E-state index in [1.54, 1.807) is 4.90 Å². The number of benzene rings is 1. The van der Waals surface area contributed by atoms with Crippen LogP contribution in [0.2, 0.25) is 0 Å². The number of hydrogen-bond donors (Lipinski definition) is 1. The lowest BCUT2D eigenvalue weighted by molar-refractivity contribution is 0.00710. The molecule has 0 radical (unpaired) electrons. The number of aryl methyl sites for hydroxylation is 1. The predicted octanol–water partition coefficient (Wildman–Crippen LogP) is 3.19. The van der Waals surface area contributed by atoms with Crippen LogP contribution in [0.15, 0.2) is 34.7 Å². The van der Waals surface area contributed by atoms with Crippen molar-refractivity contribution in [2.45, 2.75) is 19.4 Å². The summed E-state index contributed by atoms with van der Waals surface area (Å²) in [5, 5.41) is 3.03. The Hall–Kier alpha value is -2.47. The molecule has 1 atom stereocenters. The molecule has 1 N–H and O–H groups in total. The Labute approximate surface area is 147 Å². The summed E-state index contributed by atoms with van der Waals surface area (Å²) in [6, 6.07) is 9.63. The number of nitrogens with zero attached hydrogens (tertiary/aromatic N) is 2. The summed E-state index contributed by atoms with van der Waals surface area (Å²) in [5.74, 6) is 1.60. The number of anilines is 2. The van der Waals surface area contributed by atoms with Gasteiger partial charge < -0.3 is 24.3 Å². The fourth-order valence-electron chi connectivity index (χ4n) is 3.53. The van der Waals surface area contributed by atoms with Gasteiger partial charge in [0.25, 0.3) is 0 Å². The van der Waals surface area contributed by atoms with E-state index in [0.717, 1.165) is 30.2 Å². The quantitative estimate of drug-likeness (QED) is 0.911. The van der Waals surface area contributed by atoms with Gasteiger partial charge in [-0.1, -0.05) is 6.07 Å². The molecular formula is C19H23N3O3. The SMILES string of the molecule is Cc1ccc([C@H]2COCCN2C(=O)Nc2ccc3c(c2)N(C)CC3)o1. The van der Waals surface area contributed by atoms with Gasteiger partial charge >= 0.3 is 6.03 Å². The van der Waals surface area contributed by atoms with Gasteiger partial charge in [0, 0.05) is 31.5 Å². The largest absolute Gasteiger partial charge is 0.464 e. The lowest BCUT2D eigenvalue weighted by Crippen LogP contribution is -2.45. The van der Waals surface area contributed by atoms with Gasteiger partial charge in [0.2, 0.25) is 0 Å². The van der Waals surface area contributed by atoms with Crippen molar-refractivity contribution in [2.75, 3.05) is 43.6 Å². The number of carbonyl (C=O) groups excluding carboxylic acids is 1. The van der Waals surface area contributed by atoms with Crippen molar-refractivity contribution in [2.24, 2.45) is 0 Å². The monoisotopic (exact) mass is 341 g/mol. The third-order valence-corrected chi connectivity index (χ3v) is 4.94. The molecule has 1 fully saturated rings. The fraction of sp³-hybridized carbons (Fsp3) is 0.421. The Kier molecular flexibility index (Phi) is 4.13. The number of nitrogens with one attached hydrogen (secondary N) is 1. The highest BCUT2D eigenvalue weighted by molar-refractivity contribution is 5.90. The summed E-state index contributed by atoms with van der Waals surface area (Å²) in [5.41, 5.74) is 3.34. The van der Waals surface area contributed by atoms with Crippen LogP contribution in [0.3, 0.4) is 0 Å². The standard InChI is InChI=1S/C19H23N3O3/c1-13-3-6-18(25-13)17-12-24-10-9-22(17)19(23)20-15-5-4-14-7-8-21(2)16(14)11-15/h3-6,11,17H,7-10,12H2,1-2H3,(H,20,23)/t17-/m1/s1. The maximum atomic E-state index is 12.8. The number of ether oxygens (including phenoxy) is 1. The highest BCUT2D eigenvalue weighted by Gasteiger charge is 2.31. The van der Waals surface area contributed by atoms with E-state index in [9.17, 15) is 4.79 Å². The topological polar surface area (TPSA) is 58.0 Å². The molecule has 1 aromatic heterocycles. The fourth-order valence-corrected chi connectivity index (χ4v) is 3.53. The summed E-state index contributed by atoms with van der Waals surface area (Å²) in [6.45, 7) is 4.46. The van der Waals surface area contributed by atoms with Gasteiger partial charge in [0.1, 0.15) is 17.6 Å². The van der Waals surface area contributed by atoms with E-state index in [2.05, 4.69) is 23.3 Å². The molecule has 0 aliphatic carbocycles. The van der Waals surface area contributed by atoms with Crippen molar-refractivity contribution >= 4 is 17.4 Å². The van der Waals surface area contributed by atoms with E-state index >= 15 is 0 Å². The number of morpholine rings is 1. The summed E-state index contributed by atoms with van der Waals surface area (Å²) in [4.78, 5) is 16.9. The molecular weight excluding hydrogens is 318 g/mol. The zero-order chi connectivity index (χ0) is 17.4. The van der Waals surface area contributed by atoms with Gasteiger partial charge in [-0.25, -0.2) is 4.79 Å². The van der Waals surface area contributed by atoms with Crippen molar-refractivity contribution in [3.63, 3.8) is 0 Å². The summed E-state index contributed by atoms with van der Waals surface area (Å²) < 4.78 is 11.3. The lowest BCUT2D eigenvalue weighted by Gasteiger charge is -2.34. The molecule has 132 valence electrons. The van der Waals surface area contributed by atoms with Crippen LogP contribution in [0.5, 0.6) is 0 Å². The van der Waals surface area contributed by atoms with Crippen LogP contribution in [0.25, 0.3) is 0 Å². The highest BCUT2D eigenvalue weighted by Crippen LogP contribution is 2.31. The zero-order valence-electron chi connectivity index (χ0n) is 14.6. The average molecular weight is 341 g/mol. The number of fused-ring (bicyclic) bond motifs is 1. The third kappa shape index (κ3) is 3.09. The van der Waals surface area contributed by atoms with Crippen LogP contribution in [0, 0.1) is 6.92 Å². The molecule has 3 heterocycles. The van der Waals surface area contributed by atoms with Gasteiger partial charge in [-0.15, -0.1) is 0 Å². The first kappa shape index (κ1) is 16.0. The average Bonchev–Trinajstić information content (AvgIpc) is 3.21. The molecule has 6 nitrogen and oxygen atoms in total. The molecule has 25 heavy (non-hydrogen) atoms. The van der Waals surface area contributed by atoms with Crippen LogP contribution in [0.4, 0.5) is 16.2 Å². The molecule has 2 aliphatic rings. The van der Waals surface area contributed by atoms with E-state index in [1.165, 1.54) is 11.3 Å². The van der Waals surface area contributed by atoms with E-state index in [-0.39, 0.29) is 12.1 Å². The van der Waals surface area contributed by atoms with Crippen LogP contribution in [-0.4, -0.2) is 44.3 Å². The second kappa shape index (κ2) is 6.44. The molecule has 0 spiro atoms. The number of carbonyl (C=O) groups is 1. The molecule has 1 saturated heterocycles. The third-order valence-electron chi connectivity index (χ3n) is 4.94. The van der Waals surface area contributed by atoms with Crippen molar-refractivity contribution in [1.82, 2.24) is 4.90 Å². The smallest absolute Gasteiger partial charge is 0.322 e. The van der Waals surface area contributed by atoms with Crippen molar-refractivity contribution in [1.29, 1.82) is 0 Å². The Morgan fingerprint density at radius 3 is 2.92 bits per heavy atom. The second-order valence-corrected chi connectivity index (χ2v) is 6.68. The minimum Gasteiger partial charge on any atom is -0.464 e. The van der Waals surface area contributed by atoms with E-state index in [0.29, 0.717) is 19.8 Å². The maximum absolute atomic E-state index is 12.8. The molecule has 2 aliphatic heterocycles. The Morgan fingerprint density at radius 1 is 1.24 bits per heavy atom. The van der Waals surface area contributed by atoms with Gasteiger partial charge in [0.05, 0.1) is 13.2 Å². The Bertz CT molecular complexity index is 786. The van der Waals surface area contributed by atoms with Gasteiger partial charge in [0.15, 0.2) is 0 Å². The summed E-state index contributed by atoms with van der Waals surface area (Å²) in [7, 11) is 2.08. The molecule has 4 rings (SSSR count). The molecule has 2 amide bonds. The van der Waals surface area contributed by atoms with Crippen LogP contribution in [-0.2, 0) is 11.2 Å². The number of urea groups is 1. The summed E-state index contributed by atoms with van der Waals surface area (Å²) in [6.07, 6.45) is 1.06. The Morgan fingerprint density at radius 2 is 2.12 bits per heavy atom. The zero-order valence-corrected chi connectivity index (χ0v) is 14.6. The molecule has 0 bridgehead atoms. The second-order valence-electron chi connectivity index (χ2n) is 6.68. The van der Waals surface area contributed by atoms with Crippen LogP contribution < -0.4 is 10.2 Å². The van der Waals surface area contributed by atoms with Crippen LogP contribution in [0.1, 0.15) is 23.1 Å². The molecule has 1 aromatic carbocycles. The first-order valence-electron chi connectivity index (χ1n) is 8.67. The van der Waals surface area contributed by atoms with Gasteiger partial charge in [-0.2, -0.15) is 0 Å². The number of likely N-dealkylation sites (N-methyl/N-ethyl adjacent to an activating group) is 1. The number of hydrogen-bond acceptors (Lipinski definition) is 4. The lowest BCUT2D eigenvalue weighted by atomic mass is 10.1. The first-order chi connectivity index (χ1) is 12.1. The van der Waals surface area contributed by atoms with Crippen molar-refractivity contribution in [3.8, 4) is 0 Å². The molecule has 6 heteroatoms. The summed E-state index contributed by atoms with van der Waals surface area (Å²) >= 11 is 0. The maximum Gasteiger partial charge on any atom is 0.322 e. The van der Waals surface area contributed by atoms with Crippen molar-refractivity contribution in [3.05, 3.63) is 47.4 Å². The first-order valence-corrected chi connectivity index (χ1v) is 8.67. The van der Waals surface area contributed by atoms with E-state index < -0.39 is 0 Å². The number of rotatable bonds is 2. The minimum absolute atomic E-state index is 0.122. The normalized spacial score (nSPS) is 19.8. The van der Waals surface area contributed by atoms with Gasteiger partial charge in [-0.3, -0.25) is 0 Å². The highest BCUT2D eigenvalue weighted by atomic mass is 16.5. The molecule has 0 saturated carbocycles. The van der Waals surface area contributed by atoms with Gasteiger partial charge in [-0.05, 0) is 43.2 Å². The number of amides is 2. The molecule has 2 aromatic rings.